The Morgan fingerprint density at radius 3 is 2.59 bits per heavy atom. The Bertz CT molecular complexity index is 703. The number of rotatable bonds is 3. The van der Waals surface area contributed by atoms with E-state index < -0.39 is 17.9 Å². The van der Waals surface area contributed by atoms with Gasteiger partial charge in [0, 0.05) is 24.6 Å². The van der Waals surface area contributed by atoms with E-state index in [0.717, 1.165) is 5.70 Å². The third kappa shape index (κ3) is 3.57. The first-order valence-electron chi connectivity index (χ1n) is 9.55. The van der Waals surface area contributed by atoms with Gasteiger partial charge in [-0.15, -0.1) is 0 Å². The molecule has 8 nitrogen and oxygen atoms in total. The summed E-state index contributed by atoms with van der Waals surface area (Å²) in [4.78, 5) is 52.6. The highest BCUT2D eigenvalue weighted by atomic mass is 16.4. The largest absolute Gasteiger partial charge is 0.480 e. The predicted molar refractivity (Wildman–Crippen MR) is 96.2 cm³/mol. The Kier molecular flexibility index (Phi) is 5.26. The van der Waals surface area contributed by atoms with Crippen molar-refractivity contribution in [3.05, 3.63) is 11.8 Å². The molecule has 3 aliphatic rings. The number of carbonyl (C=O) groups excluding carboxylic acids is 3. The van der Waals surface area contributed by atoms with E-state index in [9.17, 15) is 24.3 Å². The second kappa shape index (κ2) is 7.32. The van der Waals surface area contributed by atoms with E-state index >= 15 is 0 Å². The van der Waals surface area contributed by atoms with E-state index in [0.29, 0.717) is 19.4 Å². The Balaban J connectivity index is 2.01. The molecule has 5 atom stereocenters. The standard InChI is InChI=1S/C19H27N3O5/c1-10-4-5-15(23)20-18(26)17(10)22-13-6-7-21(9-16(24)25)14(13)8-11(2)12(3)19(22)27/h8,10-13,17H,4-7,9H2,1-3H3,(H,24,25)(H,20,23,26)/t10-,11?,12?,13?,17?/m0/s1. The van der Waals surface area contributed by atoms with E-state index in [1.165, 1.54) is 0 Å². The van der Waals surface area contributed by atoms with Crippen molar-refractivity contribution in [3.8, 4) is 0 Å². The number of carboxylic acids is 1. The van der Waals surface area contributed by atoms with Gasteiger partial charge in [0.1, 0.15) is 12.6 Å². The molecule has 0 radical (unpaired) electrons. The molecule has 0 aromatic rings. The van der Waals surface area contributed by atoms with Crippen molar-refractivity contribution in [2.45, 2.75) is 52.1 Å². The number of likely N-dealkylation sites (tertiary alicyclic amines) is 1. The van der Waals surface area contributed by atoms with Crippen LogP contribution in [0, 0.1) is 17.8 Å². The monoisotopic (exact) mass is 377 g/mol. The molecule has 3 aliphatic heterocycles. The van der Waals surface area contributed by atoms with E-state index in [2.05, 4.69) is 5.32 Å². The molecule has 0 aliphatic carbocycles. The summed E-state index contributed by atoms with van der Waals surface area (Å²) in [7, 11) is 0. The summed E-state index contributed by atoms with van der Waals surface area (Å²) < 4.78 is 0. The molecule has 3 amide bonds. The SMILES string of the molecule is CC1C=C2C(CCN2CC(=O)O)N(C2C(=O)NC(=O)CC[C@@H]2C)C(=O)C1C. The summed E-state index contributed by atoms with van der Waals surface area (Å²) in [6, 6.07) is -1.06. The molecule has 0 spiro atoms. The molecule has 0 saturated carbocycles. The third-order valence-electron chi connectivity index (χ3n) is 6.10. The fourth-order valence-electron chi connectivity index (χ4n) is 4.41. The number of fused-ring (bicyclic) bond motifs is 1. The number of carboxylic acid groups (broad SMARTS) is 1. The first kappa shape index (κ1) is 19.4. The molecule has 148 valence electrons. The number of nitrogens with one attached hydrogen (secondary N) is 1. The molecule has 2 fully saturated rings. The number of imide groups is 1. The maximum absolute atomic E-state index is 13.3. The van der Waals surface area contributed by atoms with Gasteiger partial charge in [-0.3, -0.25) is 24.5 Å². The molecule has 8 heteroatoms. The normalized spacial score (nSPS) is 34.6. The number of hydrogen-bond donors (Lipinski definition) is 2. The molecule has 3 heterocycles. The number of hydrogen-bond acceptors (Lipinski definition) is 5. The van der Waals surface area contributed by atoms with Gasteiger partial charge >= 0.3 is 5.97 Å². The summed E-state index contributed by atoms with van der Waals surface area (Å²) in [5.74, 6) is -2.34. The molecule has 0 aromatic carbocycles. The van der Waals surface area contributed by atoms with Crippen LogP contribution in [0.25, 0.3) is 0 Å². The average Bonchev–Trinajstić information content (AvgIpc) is 2.86. The molecule has 2 saturated heterocycles. The van der Waals surface area contributed by atoms with Gasteiger partial charge in [0.05, 0.1) is 6.04 Å². The highest BCUT2D eigenvalue weighted by Crippen LogP contribution is 2.37. The summed E-state index contributed by atoms with van der Waals surface area (Å²) in [5.41, 5.74) is 0.804. The Morgan fingerprint density at radius 2 is 1.93 bits per heavy atom. The van der Waals surface area contributed by atoms with Crippen LogP contribution in [0.3, 0.4) is 0 Å². The Hall–Kier alpha value is -2.38. The van der Waals surface area contributed by atoms with Crippen molar-refractivity contribution in [1.29, 1.82) is 0 Å². The van der Waals surface area contributed by atoms with Crippen LogP contribution in [0.5, 0.6) is 0 Å². The number of amides is 3. The topological polar surface area (TPSA) is 107 Å². The van der Waals surface area contributed by atoms with E-state index in [1.54, 1.807) is 9.80 Å². The van der Waals surface area contributed by atoms with Crippen LogP contribution >= 0.6 is 0 Å². The fourth-order valence-corrected chi connectivity index (χ4v) is 4.41. The molecule has 4 unspecified atom stereocenters. The van der Waals surface area contributed by atoms with Crippen LogP contribution in [-0.2, 0) is 19.2 Å². The van der Waals surface area contributed by atoms with E-state index in [4.69, 9.17) is 0 Å². The highest BCUT2D eigenvalue weighted by Gasteiger charge is 2.47. The first-order valence-corrected chi connectivity index (χ1v) is 9.55. The second-order valence-corrected chi connectivity index (χ2v) is 7.98. The summed E-state index contributed by atoms with van der Waals surface area (Å²) >= 11 is 0. The maximum Gasteiger partial charge on any atom is 0.323 e. The van der Waals surface area contributed by atoms with Crippen molar-refractivity contribution >= 4 is 23.7 Å². The van der Waals surface area contributed by atoms with Gasteiger partial charge in [0.2, 0.25) is 17.7 Å². The number of nitrogens with zero attached hydrogens (tertiary/aromatic N) is 2. The van der Waals surface area contributed by atoms with Crippen LogP contribution in [0.4, 0.5) is 0 Å². The molecular formula is C19H27N3O5. The van der Waals surface area contributed by atoms with Gasteiger partial charge in [-0.2, -0.15) is 0 Å². The fraction of sp³-hybridized carbons (Fsp3) is 0.684. The van der Waals surface area contributed by atoms with Crippen molar-refractivity contribution in [1.82, 2.24) is 15.1 Å². The zero-order valence-corrected chi connectivity index (χ0v) is 16.0. The van der Waals surface area contributed by atoms with Crippen molar-refractivity contribution in [2.75, 3.05) is 13.1 Å². The minimum absolute atomic E-state index is 0.0693. The lowest BCUT2D eigenvalue weighted by atomic mass is 9.91. The zero-order chi connectivity index (χ0) is 19.9. The first-order chi connectivity index (χ1) is 12.7. The van der Waals surface area contributed by atoms with Crippen molar-refractivity contribution < 1.29 is 24.3 Å². The van der Waals surface area contributed by atoms with Gasteiger partial charge in [-0.25, -0.2) is 0 Å². The summed E-state index contributed by atoms with van der Waals surface area (Å²) in [6.07, 6.45) is 3.35. The van der Waals surface area contributed by atoms with Crippen LogP contribution in [0.15, 0.2) is 11.8 Å². The second-order valence-electron chi connectivity index (χ2n) is 7.98. The minimum Gasteiger partial charge on any atom is -0.480 e. The van der Waals surface area contributed by atoms with Crippen LogP contribution in [-0.4, -0.2) is 63.8 Å². The Morgan fingerprint density at radius 1 is 1.22 bits per heavy atom. The van der Waals surface area contributed by atoms with Crippen molar-refractivity contribution in [3.63, 3.8) is 0 Å². The number of allylic oxidation sites excluding steroid dienone is 1. The third-order valence-corrected chi connectivity index (χ3v) is 6.10. The molecule has 3 rings (SSSR count). The average molecular weight is 377 g/mol. The van der Waals surface area contributed by atoms with Crippen LogP contribution in [0.2, 0.25) is 0 Å². The van der Waals surface area contributed by atoms with Gasteiger partial charge in [0.15, 0.2) is 0 Å². The van der Waals surface area contributed by atoms with Crippen LogP contribution < -0.4 is 5.32 Å². The number of aliphatic carboxylic acids is 1. The maximum atomic E-state index is 13.3. The highest BCUT2D eigenvalue weighted by molar-refractivity contribution is 6.00. The quantitative estimate of drug-likeness (QED) is 0.697. The molecule has 2 N–H and O–H groups in total. The van der Waals surface area contributed by atoms with Crippen molar-refractivity contribution in [2.24, 2.45) is 17.8 Å². The number of carbonyl (C=O) groups is 4. The lowest BCUT2D eigenvalue weighted by Gasteiger charge is -2.38. The van der Waals surface area contributed by atoms with Gasteiger partial charge < -0.3 is 14.9 Å². The molecule has 0 bridgehead atoms. The van der Waals surface area contributed by atoms with Gasteiger partial charge in [-0.1, -0.05) is 26.8 Å². The van der Waals surface area contributed by atoms with E-state index in [1.807, 2.05) is 26.8 Å². The van der Waals surface area contributed by atoms with Gasteiger partial charge in [-0.05, 0) is 24.7 Å². The van der Waals surface area contributed by atoms with E-state index in [-0.39, 0.29) is 48.6 Å². The molecule has 0 aromatic heterocycles. The zero-order valence-electron chi connectivity index (χ0n) is 16.0. The minimum atomic E-state index is -0.925. The van der Waals surface area contributed by atoms with Crippen LogP contribution in [0.1, 0.15) is 40.0 Å². The smallest absolute Gasteiger partial charge is 0.323 e. The Labute approximate surface area is 158 Å². The predicted octanol–water partition coefficient (Wildman–Crippen LogP) is 0.585. The lowest BCUT2D eigenvalue weighted by molar-refractivity contribution is -0.148. The molecule has 27 heavy (non-hydrogen) atoms. The molecular weight excluding hydrogens is 350 g/mol. The lowest BCUT2D eigenvalue weighted by Crippen LogP contribution is -2.57. The summed E-state index contributed by atoms with van der Waals surface area (Å²) in [6.45, 7) is 6.06. The summed E-state index contributed by atoms with van der Waals surface area (Å²) in [5, 5.41) is 11.6. The van der Waals surface area contributed by atoms with Gasteiger partial charge in [0.25, 0.3) is 0 Å².